The van der Waals surface area contributed by atoms with E-state index in [-0.39, 0.29) is 12.1 Å². The van der Waals surface area contributed by atoms with Crippen molar-refractivity contribution in [1.29, 1.82) is 0 Å². The van der Waals surface area contributed by atoms with Gasteiger partial charge in [-0.25, -0.2) is 0 Å². The number of aromatic hydroxyl groups is 1. The number of carbonyl (C=O) groups is 1. The van der Waals surface area contributed by atoms with Crippen LogP contribution < -0.4 is 0 Å². The molecule has 1 aliphatic carbocycles. The number of rotatable bonds is 5. The lowest BCUT2D eigenvalue weighted by molar-refractivity contribution is -0.160. The lowest BCUT2D eigenvalue weighted by Gasteiger charge is -2.23. The van der Waals surface area contributed by atoms with Crippen LogP contribution in [0.25, 0.3) is 10.8 Å². The lowest BCUT2D eigenvalue weighted by atomic mass is 9.90. The Balaban J connectivity index is 0.000000210. The monoisotopic (exact) mass is 418 g/mol. The summed E-state index contributed by atoms with van der Waals surface area (Å²) in [4.78, 5) is 12.3. The van der Waals surface area contributed by atoms with Gasteiger partial charge in [0.2, 0.25) is 0 Å². The Morgan fingerprint density at radius 3 is 2.32 bits per heavy atom. The van der Waals surface area contributed by atoms with Crippen molar-refractivity contribution in [2.24, 2.45) is 5.41 Å². The summed E-state index contributed by atoms with van der Waals surface area (Å²) in [5.41, 5.74) is 3.32. The van der Waals surface area contributed by atoms with E-state index < -0.39 is 5.41 Å². The van der Waals surface area contributed by atoms with Crippen LogP contribution in [0.2, 0.25) is 0 Å². The van der Waals surface area contributed by atoms with Gasteiger partial charge < -0.3 is 9.84 Å². The number of esters is 1. The number of phenolic OH excluding ortho intramolecular Hbond substituents is 1. The summed E-state index contributed by atoms with van der Waals surface area (Å²) in [6, 6.07) is 20.0. The van der Waals surface area contributed by atoms with E-state index in [1.165, 1.54) is 21.9 Å². The summed E-state index contributed by atoms with van der Waals surface area (Å²) in [7, 11) is 0. The van der Waals surface area contributed by atoms with Crippen LogP contribution in [-0.2, 0) is 16.0 Å². The number of hydrogen-bond donors (Lipinski definition) is 1. The molecule has 0 spiro atoms. The van der Waals surface area contributed by atoms with Crippen molar-refractivity contribution in [3.63, 3.8) is 0 Å². The van der Waals surface area contributed by atoms with E-state index in [1.54, 1.807) is 12.1 Å². The minimum atomic E-state index is -0.414. The molecule has 0 amide bonds. The van der Waals surface area contributed by atoms with Gasteiger partial charge in [0.1, 0.15) is 11.9 Å². The smallest absolute Gasteiger partial charge is 0.312 e. The molecule has 0 bridgehead atoms. The van der Waals surface area contributed by atoms with Gasteiger partial charge in [0, 0.05) is 12.0 Å². The van der Waals surface area contributed by atoms with Crippen LogP contribution in [0.4, 0.5) is 0 Å². The Labute approximate surface area is 186 Å². The first kappa shape index (κ1) is 22.9. The van der Waals surface area contributed by atoms with Crippen LogP contribution in [0.1, 0.15) is 76.2 Å². The fourth-order valence-electron chi connectivity index (χ4n) is 3.77. The van der Waals surface area contributed by atoms with Crippen molar-refractivity contribution in [2.75, 3.05) is 0 Å². The third-order valence-corrected chi connectivity index (χ3v) is 6.54. The molecule has 4 rings (SSSR count). The third-order valence-electron chi connectivity index (χ3n) is 6.54. The SMILES string of the molecule is CCC(C)(C)C(=O)OC1Cc2cccc3cccc1c23.CCC(C)c1ccc(O)cc1. The predicted molar refractivity (Wildman–Crippen MR) is 127 cm³/mol. The topological polar surface area (TPSA) is 46.5 Å². The molecule has 3 aromatic carbocycles. The first-order chi connectivity index (χ1) is 14.8. The molecule has 1 N–H and O–H groups in total. The molecule has 164 valence electrons. The zero-order valence-electron chi connectivity index (χ0n) is 19.3. The molecule has 3 heteroatoms. The number of phenols is 1. The fraction of sp³-hybridized carbons (Fsp3) is 0.393. The molecule has 0 saturated heterocycles. The molecule has 0 saturated carbocycles. The van der Waals surface area contributed by atoms with E-state index in [4.69, 9.17) is 9.84 Å². The van der Waals surface area contributed by atoms with Crippen molar-refractivity contribution in [3.8, 4) is 5.75 Å². The maximum atomic E-state index is 12.3. The average molecular weight is 419 g/mol. The van der Waals surface area contributed by atoms with Crippen molar-refractivity contribution < 1.29 is 14.6 Å². The summed E-state index contributed by atoms with van der Waals surface area (Å²) >= 11 is 0. The number of ether oxygens (including phenoxy) is 1. The standard InChI is InChI=1S/C18H20O2.C10H14O/c1-4-18(2,3)17(19)20-15-11-13-9-5-7-12-8-6-10-14(15)16(12)13;1-3-8(2)9-4-6-10(11)7-5-9/h5-10,15H,4,11H2,1-3H3;4-8,11H,3H2,1-2H3. The molecule has 2 unspecified atom stereocenters. The van der Waals surface area contributed by atoms with Crippen LogP contribution >= 0.6 is 0 Å². The fourth-order valence-corrected chi connectivity index (χ4v) is 3.77. The second-order valence-electron chi connectivity index (χ2n) is 9.10. The van der Waals surface area contributed by atoms with Crippen LogP contribution in [0, 0.1) is 5.41 Å². The summed E-state index contributed by atoms with van der Waals surface area (Å²) in [6.45, 7) is 10.3. The molecule has 1 aliphatic rings. The maximum Gasteiger partial charge on any atom is 0.312 e. The highest BCUT2D eigenvalue weighted by molar-refractivity contribution is 5.91. The first-order valence-electron chi connectivity index (χ1n) is 11.3. The molecule has 0 heterocycles. The number of carbonyl (C=O) groups excluding carboxylic acids is 1. The number of hydrogen-bond acceptors (Lipinski definition) is 3. The zero-order valence-corrected chi connectivity index (χ0v) is 19.3. The first-order valence-corrected chi connectivity index (χ1v) is 11.3. The third kappa shape index (κ3) is 5.10. The van der Waals surface area contributed by atoms with Crippen LogP contribution in [-0.4, -0.2) is 11.1 Å². The normalized spacial score (nSPS) is 15.8. The van der Waals surface area contributed by atoms with E-state index in [9.17, 15) is 4.79 Å². The van der Waals surface area contributed by atoms with Gasteiger partial charge in [-0.3, -0.25) is 4.79 Å². The van der Waals surface area contributed by atoms with Gasteiger partial charge in [-0.15, -0.1) is 0 Å². The zero-order chi connectivity index (χ0) is 22.6. The highest BCUT2D eigenvalue weighted by Crippen LogP contribution is 2.40. The molecule has 0 fully saturated rings. The summed E-state index contributed by atoms with van der Waals surface area (Å²) in [5, 5.41) is 11.5. The van der Waals surface area contributed by atoms with E-state index >= 15 is 0 Å². The molecule has 0 aromatic heterocycles. The second-order valence-corrected chi connectivity index (χ2v) is 9.10. The van der Waals surface area contributed by atoms with Gasteiger partial charge in [-0.05, 0) is 66.6 Å². The Morgan fingerprint density at radius 2 is 1.71 bits per heavy atom. The highest BCUT2D eigenvalue weighted by atomic mass is 16.5. The van der Waals surface area contributed by atoms with Gasteiger partial charge in [0.15, 0.2) is 0 Å². The van der Waals surface area contributed by atoms with Gasteiger partial charge in [0.25, 0.3) is 0 Å². The van der Waals surface area contributed by atoms with E-state index in [2.05, 4.69) is 44.2 Å². The highest BCUT2D eigenvalue weighted by Gasteiger charge is 2.33. The van der Waals surface area contributed by atoms with E-state index in [1.807, 2.05) is 39.0 Å². The molecule has 3 aromatic rings. The summed E-state index contributed by atoms with van der Waals surface area (Å²) in [6.07, 6.45) is 2.59. The Bertz CT molecular complexity index is 1030. The Morgan fingerprint density at radius 1 is 1.06 bits per heavy atom. The minimum absolute atomic E-state index is 0.102. The van der Waals surface area contributed by atoms with Gasteiger partial charge in [0.05, 0.1) is 5.41 Å². The average Bonchev–Trinajstić information content (AvgIpc) is 3.13. The van der Waals surface area contributed by atoms with Gasteiger partial charge >= 0.3 is 5.97 Å². The van der Waals surface area contributed by atoms with Crippen molar-refractivity contribution in [3.05, 3.63) is 77.4 Å². The molecule has 3 nitrogen and oxygen atoms in total. The Hall–Kier alpha value is -2.81. The van der Waals surface area contributed by atoms with Crippen molar-refractivity contribution in [2.45, 2.75) is 65.9 Å². The van der Waals surface area contributed by atoms with Crippen molar-refractivity contribution in [1.82, 2.24) is 0 Å². The van der Waals surface area contributed by atoms with Gasteiger partial charge in [-0.2, -0.15) is 0 Å². The molecule has 31 heavy (non-hydrogen) atoms. The predicted octanol–water partition coefficient (Wildman–Crippen LogP) is 7.32. The molecular weight excluding hydrogens is 384 g/mol. The molecule has 2 atom stereocenters. The minimum Gasteiger partial charge on any atom is -0.508 e. The Kier molecular flexibility index (Phi) is 7.04. The van der Waals surface area contributed by atoms with Gasteiger partial charge in [-0.1, -0.05) is 69.3 Å². The van der Waals surface area contributed by atoms with Crippen LogP contribution in [0.5, 0.6) is 5.75 Å². The van der Waals surface area contributed by atoms with Crippen LogP contribution in [0.15, 0.2) is 60.7 Å². The largest absolute Gasteiger partial charge is 0.508 e. The molecule has 0 radical (unpaired) electrons. The molecular formula is C28H34O3. The molecule has 0 aliphatic heterocycles. The second kappa shape index (κ2) is 9.55. The maximum absolute atomic E-state index is 12.3. The van der Waals surface area contributed by atoms with E-state index in [0.29, 0.717) is 11.7 Å². The van der Waals surface area contributed by atoms with Crippen molar-refractivity contribution >= 4 is 16.7 Å². The quantitative estimate of drug-likeness (QED) is 0.441. The lowest BCUT2D eigenvalue weighted by Crippen LogP contribution is -2.27. The summed E-state index contributed by atoms with van der Waals surface area (Å²) < 4.78 is 5.80. The number of benzene rings is 3. The van der Waals surface area contributed by atoms with E-state index in [0.717, 1.165) is 24.8 Å². The summed E-state index contributed by atoms with van der Waals surface area (Å²) in [5.74, 6) is 0.836. The van der Waals surface area contributed by atoms with Crippen LogP contribution in [0.3, 0.4) is 0 Å².